The van der Waals surface area contributed by atoms with Crippen LogP contribution in [0, 0.1) is 0 Å². The van der Waals surface area contributed by atoms with E-state index >= 15 is 0 Å². The van der Waals surface area contributed by atoms with Gasteiger partial charge in [-0.05, 0) is 42.7 Å². The average molecular weight is 247 g/mol. The van der Waals surface area contributed by atoms with Gasteiger partial charge in [0.2, 0.25) is 0 Å². The minimum absolute atomic E-state index is 0.101. The maximum atomic E-state index is 4.62. The fourth-order valence-electron chi connectivity index (χ4n) is 2.73. The first kappa shape index (κ1) is 11.9. The second-order valence-corrected chi connectivity index (χ2v) is 5.25. The summed E-state index contributed by atoms with van der Waals surface area (Å²) in [4.78, 5) is 4.62. The van der Waals surface area contributed by atoms with Crippen molar-refractivity contribution in [3.8, 4) is 0 Å². The highest BCUT2D eigenvalue weighted by Crippen LogP contribution is 2.39. The molecule has 1 atom stereocenters. The Morgan fingerprint density at radius 2 is 1.63 bits per heavy atom. The summed E-state index contributed by atoms with van der Waals surface area (Å²) in [5.41, 5.74) is 4.91. The highest BCUT2D eigenvalue weighted by molar-refractivity contribution is 5.89. The summed E-state index contributed by atoms with van der Waals surface area (Å²) < 4.78 is 0. The number of fused-ring (bicyclic) bond motifs is 1. The summed E-state index contributed by atoms with van der Waals surface area (Å²) in [5, 5.41) is 0. The SMILES string of the molecule is CC1=CC(C)(C=Nc2ccccc2)c2ccccc21. The third kappa shape index (κ3) is 2.12. The number of hydrogen-bond acceptors (Lipinski definition) is 1. The summed E-state index contributed by atoms with van der Waals surface area (Å²) in [7, 11) is 0. The van der Waals surface area contributed by atoms with E-state index in [1.165, 1.54) is 16.7 Å². The number of nitrogens with zero attached hydrogens (tertiary/aromatic N) is 1. The second-order valence-electron chi connectivity index (χ2n) is 5.25. The molecule has 0 bridgehead atoms. The molecule has 2 aromatic rings. The van der Waals surface area contributed by atoms with Crippen LogP contribution in [0.1, 0.15) is 25.0 Å². The van der Waals surface area contributed by atoms with Gasteiger partial charge >= 0.3 is 0 Å². The van der Waals surface area contributed by atoms with Crippen molar-refractivity contribution in [1.29, 1.82) is 0 Å². The molecule has 2 aromatic carbocycles. The highest BCUT2D eigenvalue weighted by Gasteiger charge is 2.30. The summed E-state index contributed by atoms with van der Waals surface area (Å²) in [6.07, 6.45) is 4.35. The predicted octanol–water partition coefficient (Wildman–Crippen LogP) is 4.76. The first-order valence-corrected chi connectivity index (χ1v) is 6.59. The van der Waals surface area contributed by atoms with Crippen LogP contribution in [0.3, 0.4) is 0 Å². The van der Waals surface area contributed by atoms with Gasteiger partial charge in [0.1, 0.15) is 0 Å². The van der Waals surface area contributed by atoms with Crippen LogP contribution in [0.2, 0.25) is 0 Å². The normalized spacial score (nSPS) is 21.5. The summed E-state index contributed by atoms with van der Waals surface area (Å²) in [6, 6.07) is 18.7. The Hall–Kier alpha value is -2.15. The third-order valence-corrected chi connectivity index (χ3v) is 3.69. The zero-order chi connectivity index (χ0) is 13.3. The van der Waals surface area contributed by atoms with E-state index in [2.05, 4.69) is 55.4 Å². The lowest BCUT2D eigenvalue weighted by Crippen LogP contribution is -2.18. The Balaban J connectivity index is 2.00. The Morgan fingerprint density at radius 3 is 2.42 bits per heavy atom. The number of rotatable bonds is 2. The Labute approximate surface area is 114 Å². The van der Waals surface area contributed by atoms with Crippen LogP contribution in [0.5, 0.6) is 0 Å². The van der Waals surface area contributed by atoms with E-state index in [0.29, 0.717) is 0 Å². The van der Waals surface area contributed by atoms with Crippen molar-refractivity contribution in [3.05, 3.63) is 71.8 Å². The smallest absolute Gasteiger partial charge is 0.0626 e. The van der Waals surface area contributed by atoms with Gasteiger partial charge in [0.25, 0.3) is 0 Å². The van der Waals surface area contributed by atoms with E-state index in [-0.39, 0.29) is 5.41 Å². The molecule has 0 saturated carbocycles. The van der Waals surface area contributed by atoms with E-state index in [1.807, 2.05) is 30.3 Å². The summed E-state index contributed by atoms with van der Waals surface area (Å²) in [6.45, 7) is 4.38. The average Bonchev–Trinajstić information content (AvgIpc) is 2.71. The molecular weight excluding hydrogens is 230 g/mol. The molecule has 1 nitrogen and oxygen atoms in total. The standard InChI is InChI=1S/C18H17N/c1-14-12-18(2,17-11-7-6-10-16(14)17)13-19-15-8-4-3-5-9-15/h3-13H,1-2H3. The van der Waals surface area contributed by atoms with Gasteiger partial charge in [-0.3, -0.25) is 4.99 Å². The second kappa shape index (κ2) is 4.51. The number of benzene rings is 2. The third-order valence-electron chi connectivity index (χ3n) is 3.69. The minimum Gasteiger partial charge on any atom is -0.260 e. The maximum Gasteiger partial charge on any atom is 0.0626 e. The molecule has 0 spiro atoms. The van der Waals surface area contributed by atoms with Crippen molar-refractivity contribution in [2.24, 2.45) is 4.99 Å². The van der Waals surface area contributed by atoms with Gasteiger partial charge in [-0.25, -0.2) is 0 Å². The topological polar surface area (TPSA) is 12.4 Å². The van der Waals surface area contributed by atoms with Crippen molar-refractivity contribution in [2.45, 2.75) is 19.3 Å². The molecule has 0 amide bonds. The highest BCUT2D eigenvalue weighted by atomic mass is 14.7. The molecule has 1 aliphatic rings. The van der Waals surface area contributed by atoms with Crippen molar-refractivity contribution in [3.63, 3.8) is 0 Å². The predicted molar refractivity (Wildman–Crippen MR) is 82.0 cm³/mol. The largest absolute Gasteiger partial charge is 0.260 e. The van der Waals surface area contributed by atoms with Gasteiger partial charge in [-0.2, -0.15) is 0 Å². The number of para-hydroxylation sites is 1. The molecule has 0 aliphatic heterocycles. The Kier molecular flexibility index (Phi) is 2.83. The summed E-state index contributed by atoms with van der Waals surface area (Å²) >= 11 is 0. The quantitative estimate of drug-likeness (QED) is 0.678. The molecule has 0 saturated heterocycles. The molecule has 0 heterocycles. The molecule has 3 rings (SSSR count). The number of allylic oxidation sites excluding steroid dienone is 2. The molecule has 1 aliphatic carbocycles. The molecule has 0 N–H and O–H groups in total. The molecule has 19 heavy (non-hydrogen) atoms. The van der Waals surface area contributed by atoms with Gasteiger partial charge < -0.3 is 0 Å². The van der Waals surface area contributed by atoms with Crippen molar-refractivity contribution >= 4 is 17.5 Å². The van der Waals surface area contributed by atoms with E-state index < -0.39 is 0 Å². The molecule has 1 unspecified atom stereocenters. The number of hydrogen-bond donors (Lipinski definition) is 0. The Morgan fingerprint density at radius 1 is 0.947 bits per heavy atom. The lowest BCUT2D eigenvalue weighted by molar-refractivity contribution is 0.845. The molecule has 94 valence electrons. The van der Waals surface area contributed by atoms with Gasteiger partial charge in [-0.1, -0.05) is 48.5 Å². The van der Waals surface area contributed by atoms with Gasteiger partial charge in [0.15, 0.2) is 0 Å². The molecule has 0 aromatic heterocycles. The van der Waals surface area contributed by atoms with Gasteiger partial charge in [-0.15, -0.1) is 0 Å². The van der Waals surface area contributed by atoms with Crippen molar-refractivity contribution < 1.29 is 0 Å². The first-order valence-electron chi connectivity index (χ1n) is 6.59. The molecule has 0 fully saturated rings. The molecular formula is C18H17N. The van der Waals surface area contributed by atoms with E-state index in [0.717, 1.165) is 5.69 Å². The van der Waals surface area contributed by atoms with Crippen LogP contribution in [0.4, 0.5) is 5.69 Å². The van der Waals surface area contributed by atoms with Crippen LogP contribution in [-0.2, 0) is 5.41 Å². The van der Waals surface area contributed by atoms with Crippen LogP contribution >= 0.6 is 0 Å². The molecule has 1 heteroatoms. The van der Waals surface area contributed by atoms with E-state index in [9.17, 15) is 0 Å². The monoisotopic (exact) mass is 247 g/mol. The maximum absolute atomic E-state index is 4.62. The van der Waals surface area contributed by atoms with Gasteiger partial charge in [0.05, 0.1) is 5.69 Å². The Bertz CT molecular complexity index is 652. The van der Waals surface area contributed by atoms with Crippen LogP contribution in [-0.4, -0.2) is 6.21 Å². The fourth-order valence-corrected chi connectivity index (χ4v) is 2.73. The van der Waals surface area contributed by atoms with Crippen molar-refractivity contribution in [1.82, 2.24) is 0 Å². The first-order chi connectivity index (χ1) is 9.19. The lowest BCUT2D eigenvalue weighted by Gasteiger charge is -2.18. The van der Waals surface area contributed by atoms with Gasteiger partial charge in [0, 0.05) is 11.6 Å². The van der Waals surface area contributed by atoms with E-state index in [1.54, 1.807) is 0 Å². The van der Waals surface area contributed by atoms with E-state index in [4.69, 9.17) is 0 Å². The fraction of sp³-hybridized carbons (Fsp3) is 0.167. The zero-order valence-corrected chi connectivity index (χ0v) is 11.3. The summed E-state index contributed by atoms with van der Waals surface area (Å²) in [5.74, 6) is 0. The minimum atomic E-state index is -0.101. The molecule has 0 radical (unpaired) electrons. The van der Waals surface area contributed by atoms with Crippen LogP contribution in [0.25, 0.3) is 5.57 Å². The lowest BCUT2D eigenvalue weighted by atomic mass is 9.86. The van der Waals surface area contributed by atoms with Crippen molar-refractivity contribution in [2.75, 3.05) is 0 Å². The zero-order valence-electron chi connectivity index (χ0n) is 11.3. The number of aliphatic imine (C=N–C) groups is 1. The van der Waals surface area contributed by atoms with Crippen LogP contribution < -0.4 is 0 Å². The van der Waals surface area contributed by atoms with Crippen LogP contribution in [0.15, 0.2) is 65.7 Å².